The number of ether oxygens (including phenoxy) is 1. The summed E-state index contributed by atoms with van der Waals surface area (Å²) < 4.78 is 6.49. The molecule has 28 heavy (non-hydrogen) atoms. The van der Waals surface area contributed by atoms with Crippen LogP contribution in [-0.4, -0.2) is 40.5 Å². The molecule has 2 amide bonds. The van der Waals surface area contributed by atoms with E-state index in [4.69, 9.17) is 4.74 Å². The molecule has 0 radical (unpaired) electrons. The van der Waals surface area contributed by atoms with E-state index in [2.05, 4.69) is 5.32 Å². The summed E-state index contributed by atoms with van der Waals surface area (Å²) in [4.78, 5) is 39.9. The Morgan fingerprint density at radius 1 is 1.11 bits per heavy atom. The molecule has 0 saturated carbocycles. The molecule has 1 N–H and O–H groups in total. The number of amides is 2. The molecule has 0 aliphatic heterocycles. The van der Waals surface area contributed by atoms with Gasteiger partial charge in [0.15, 0.2) is 0 Å². The number of nitrogens with one attached hydrogen (secondary N) is 1. The topological polar surface area (TPSA) is 80.6 Å². The summed E-state index contributed by atoms with van der Waals surface area (Å²) >= 11 is 0. The highest BCUT2D eigenvalue weighted by atomic mass is 16.5. The molecule has 1 aromatic carbocycles. The van der Waals surface area contributed by atoms with Crippen molar-refractivity contribution in [1.29, 1.82) is 0 Å². The Morgan fingerprint density at radius 3 is 2.29 bits per heavy atom. The summed E-state index contributed by atoms with van der Waals surface area (Å²) in [5.41, 5.74) is 0.270. The molecule has 0 spiro atoms. The third-order valence-corrected chi connectivity index (χ3v) is 4.38. The third-order valence-electron chi connectivity index (χ3n) is 4.38. The van der Waals surface area contributed by atoms with Gasteiger partial charge in [-0.1, -0.05) is 12.1 Å². The van der Waals surface area contributed by atoms with Crippen molar-refractivity contribution >= 4 is 17.5 Å². The minimum absolute atomic E-state index is 0.00337. The molecule has 0 aliphatic rings. The molecule has 0 saturated heterocycles. The molecule has 2 aromatic rings. The number of para-hydroxylation sites is 1. The van der Waals surface area contributed by atoms with E-state index < -0.39 is 11.5 Å². The van der Waals surface area contributed by atoms with Crippen LogP contribution in [0.5, 0.6) is 5.75 Å². The fourth-order valence-electron chi connectivity index (χ4n) is 3.15. The number of benzene rings is 1. The molecule has 0 atom stereocenters. The molecule has 0 fully saturated rings. The van der Waals surface area contributed by atoms with E-state index in [0.29, 0.717) is 16.9 Å². The number of carbonyl (C=O) groups is 2. The number of methoxy groups -OCH3 is 1. The molecular formula is C21H27N3O4. The molecule has 2 rings (SSSR count). The van der Waals surface area contributed by atoms with Gasteiger partial charge in [-0.05, 0) is 45.9 Å². The summed E-state index contributed by atoms with van der Waals surface area (Å²) in [6.45, 7) is 7.74. The smallest absolute Gasteiger partial charge is 0.274 e. The Morgan fingerprint density at radius 2 is 1.71 bits per heavy atom. The SMILES string of the molecule is COc1ccccc1C(=O)Nc1cc(C(=O)N(C(C)C)C(C)C)cn(C)c1=O. The quantitative estimate of drug-likeness (QED) is 0.829. The summed E-state index contributed by atoms with van der Waals surface area (Å²) in [5, 5.41) is 2.61. The number of aryl methyl sites for hydroxylation is 1. The summed E-state index contributed by atoms with van der Waals surface area (Å²) in [6, 6.07) is 8.14. The van der Waals surface area contributed by atoms with Gasteiger partial charge in [-0.3, -0.25) is 14.4 Å². The summed E-state index contributed by atoms with van der Waals surface area (Å²) in [7, 11) is 3.02. The van der Waals surface area contributed by atoms with Crippen molar-refractivity contribution in [2.24, 2.45) is 7.05 Å². The van der Waals surface area contributed by atoms with Crippen LogP contribution in [0.1, 0.15) is 48.4 Å². The van der Waals surface area contributed by atoms with E-state index in [-0.39, 0.29) is 23.7 Å². The number of nitrogens with zero attached hydrogens (tertiary/aromatic N) is 2. The Labute approximate surface area is 164 Å². The van der Waals surface area contributed by atoms with Gasteiger partial charge in [-0.25, -0.2) is 0 Å². The fourth-order valence-corrected chi connectivity index (χ4v) is 3.15. The van der Waals surface area contributed by atoms with Crippen molar-refractivity contribution in [3.63, 3.8) is 0 Å². The second kappa shape index (κ2) is 8.73. The average Bonchev–Trinajstić information content (AvgIpc) is 2.64. The van der Waals surface area contributed by atoms with Crippen molar-refractivity contribution in [1.82, 2.24) is 9.47 Å². The second-order valence-corrected chi connectivity index (χ2v) is 7.11. The van der Waals surface area contributed by atoms with Crippen molar-refractivity contribution in [2.45, 2.75) is 39.8 Å². The first kappa shape index (κ1) is 21.2. The highest BCUT2D eigenvalue weighted by Crippen LogP contribution is 2.19. The molecule has 0 unspecified atom stereocenters. The van der Waals surface area contributed by atoms with Crippen LogP contribution in [0.2, 0.25) is 0 Å². The van der Waals surface area contributed by atoms with E-state index in [1.807, 2.05) is 27.7 Å². The number of aromatic nitrogens is 1. The molecule has 0 aliphatic carbocycles. The van der Waals surface area contributed by atoms with Crippen molar-refractivity contribution < 1.29 is 14.3 Å². The van der Waals surface area contributed by atoms with Gasteiger partial charge in [-0.2, -0.15) is 0 Å². The van der Waals surface area contributed by atoms with Crippen LogP contribution in [0, 0.1) is 0 Å². The van der Waals surface area contributed by atoms with Crippen LogP contribution < -0.4 is 15.6 Å². The van der Waals surface area contributed by atoms with Gasteiger partial charge in [0, 0.05) is 25.3 Å². The maximum absolute atomic E-state index is 13.0. The first-order valence-electron chi connectivity index (χ1n) is 9.15. The Bertz CT molecular complexity index is 923. The summed E-state index contributed by atoms with van der Waals surface area (Å²) in [5.74, 6) is -0.285. The lowest BCUT2D eigenvalue weighted by atomic mass is 10.1. The molecule has 7 nitrogen and oxygen atoms in total. The monoisotopic (exact) mass is 385 g/mol. The standard InChI is InChI=1S/C21H27N3O4/c1-13(2)24(14(3)4)20(26)15-11-17(21(27)23(5)12-15)22-19(25)16-9-7-8-10-18(16)28-6/h7-14H,1-6H3,(H,22,25). The number of hydrogen-bond acceptors (Lipinski definition) is 4. The summed E-state index contributed by atoms with van der Waals surface area (Å²) in [6.07, 6.45) is 1.49. The lowest BCUT2D eigenvalue weighted by Gasteiger charge is -2.31. The highest BCUT2D eigenvalue weighted by molar-refractivity contribution is 6.06. The van der Waals surface area contributed by atoms with E-state index in [1.165, 1.54) is 23.9 Å². The van der Waals surface area contributed by atoms with Gasteiger partial charge in [0.25, 0.3) is 17.4 Å². The Balaban J connectivity index is 2.42. The zero-order valence-electron chi connectivity index (χ0n) is 17.1. The number of pyridine rings is 1. The predicted molar refractivity (Wildman–Crippen MR) is 109 cm³/mol. The fraction of sp³-hybridized carbons (Fsp3) is 0.381. The average molecular weight is 385 g/mol. The van der Waals surface area contributed by atoms with E-state index in [9.17, 15) is 14.4 Å². The van der Waals surface area contributed by atoms with Gasteiger partial charge in [0.2, 0.25) is 0 Å². The van der Waals surface area contributed by atoms with Crippen LogP contribution in [0.15, 0.2) is 41.3 Å². The van der Waals surface area contributed by atoms with Crippen LogP contribution in [0.4, 0.5) is 5.69 Å². The number of anilines is 1. The van der Waals surface area contributed by atoms with Crippen molar-refractivity contribution in [3.8, 4) is 5.75 Å². The Hall–Kier alpha value is -3.09. The number of rotatable bonds is 6. The van der Waals surface area contributed by atoms with E-state index >= 15 is 0 Å². The predicted octanol–water partition coefficient (Wildman–Crippen LogP) is 2.91. The zero-order valence-corrected chi connectivity index (χ0v) is 17.1. The van der Waals surface area contributed by atoms with Crippen LogP contribution in [0.3, 0.4) is 0 Å². The van der Waals surface area contributed by atoms with Gasteiger partial charge in [-0.15, -0.1) is 0 Å². The van der Waals surface area contributed by atoms with Gasteiger partial charge in [0.1, 0.15) is 11.4 Å². The van der Waals surface area contributed by atoms with Crippen LogP contribution >= 0.6 is 0 Å². The minimum Gasteiger partial charge on any atom is -0.496 e. The molecule has 1 heterocycles. The molecule has 7 heteroatoms. The maximum atomic E-state index is 13.0. The molecular weight excluding hydrogens is 358 g/mol. The van der Waals surface area contributed by atoms with Gasteiger partial charge < -0.3 is 19.5 Å². The van der Waals surface area contributed by atoms with Crippen molar-refractivity contribution in [3.05, 3.63) is 58.0 Å². The highest BCUT2D eigenvalue weighted by Gasteiger charge is 2.23. The zero-order chi connectivity index (χ0) is 21.0. The first-order valence-corrected chi connectivity index (χ1v) is 9.15. The Kier molecular flexibility index (Phi) is 6.62. The first-order chi connectivity index (χ1) is 13.2. The molecule has 150 valence electrons. The lowest BCUT2D eigenvalue weighted by Crippen LogP contribution is -2.42. The lowest BCUT2D eigenvalue weighted by molar-refractivity contribution is 0.0642. The molecule has 0 bridgehead atoms. The normalized spacial score (nSPS) is 10.9. The second-order valence-electron chi connectivity index (χ2n) is 7.11. The molecule has 1 aromatic heterocycles. The van der Waals surface area contributed by atoms with Crippen LogP contribution in [-0.2, 0) is 7.05 Å². The van der Waals surface area contributed by atoms with Gasteiger partial charge in [0.05, 0.1) is 18.2 Å². The van der Waals surface area contributed by atoms with Gasteiger partial charge >= 0.3 is 0 Å². The largest absolute Gasteiger partial charge is 0.496 e. The number of carbonyl (C=O) groups excluding carboxylic acids is 2. The van der Waals surface area contributed by atoms with Crippen molar-refractivity contribution in [2.75, 3.05) is 12.4 Å². The third kappa shape index (κ3) is 4.42. The van der Waals surface area contributed by atoms with Crippen LogP contribution in [0.25, 0.3) is 0 Å². The number of hydrogen-bond donors (Lipinski definition) is 1. The maximum Gasteiger partial charge on any atom is 0.274 e. The van der Waals surface area contributed by atoms with E-state index in [0.717, 1.165) is 0 Å². The van der Waals surface area contributed by atoms with E-state index in [1.54, 1.807) is 36.2 Å². The minimum atomic E-state index is -0.483.